The predicted octanol–water partition coefficient (Wildman–Crippen LogP) is 5.36. The summed E-state index contributed by atoms with van der Waals surface area (Å²) < 4.78 is 19.3. The van der Waals surface area contributed by atoms with Crippen LogP contribution in [0.1, 0.15) is 34.7 Å². The van der Waals surface area contributed by atoms with E-state index in [1.54, 1.807) is 18.2 Å². The zero-order chi connectivity index (χ0) is 22.9. The monoisotopic (exact) mass is 461 g/mol. The molecular formula is C26H21ClFN3O2. The number of nitrogens with one attached hydrogen (secondary N) is 2. The van der Waals surface area contributed by atoms with Crippen LogP contribution in [0.2, 0.25) is 5.02 Å². The summed E-state index contributed by atoms with van der Waals surface area (Å²) in [4.78, 5) is 16.2. The summed E-state index contributed by atoms with van der Waals surface area (Å²) in [7, 11) is 1.43. The van der Waals surface area contributed by atoms with Gasteiger partial charge in [-0.25, -0.2) is 4.39 Å². The van der Waals surface area contributed by atoms with E-state index in [-0.39, 0.29) is 17.4 Å². The zero-order valence-electron chi connectivity index (χ0n) is 17.9. The van der Waals surface area contributed by atoms with Crippen LogP contribution >= 0.6 is 11.6 Å². The van der Waals surface area contributed by atoms with Gasteiger partial charge in [-0.05, 0) is 53.4 Å². The van der Waals surface area contributed by atoms with Crippen molar-refractivity contribution in [2.45, 2.75) is 18.9 Å². The molecule has 0 aliphatic carbocycles. The molecule has 0 saturated carbocycles. The molecule has 0 radical (unpaired) electrons. The smallest absolute Gasteiger partial charge is 0.257 e. The lowest BCUT2D eigenvalue weighted by Crippen LogP contribution is -2.21. The minimum atomic E-state index is -0.437. The highest BCUT2D eigenvalue weighted by atomic mass is 35.5. The Bertz CT molecular complexity index is 1430. The molecular weight excluding hydrogens is 441 g/mol. The Labute approximate surface area is 194 Å². The van der Waals surface area contributed by atoms with E-state index in [4.69, 9.17) is 16.3 Å². The van der Waals surface area contributed by atoms with Gasteiger partial charge in [-0.2, -0.15) is 5.10 Å². The van der Waals surface area contributed by atoms with Gasteiger partial charge in [0.25, 0.3) is 5.56 Å². The quantitative estimate of drug-likeness (QED) is 0.420. The Morgan fingerprint density at radius 3 is 2.70 bits per heavy atom. The maximum absolute atomic E-state index is 14.2. The minimum Gasteiger partial charge on any atom is -0.494 e. The Morgan fingerprint density at radius 2 is 1.94 bits per heavy atom. The number of H-pyrrole nitrogens is 1. The summed E-state index contributed by atoms with van der Waals surface area (Å²) in [5, 5.41) is 5.96. The molecule has 4 aromatic rings. The molecule has 7 heteroatoms. The molecule has 1 atom stereocenters. The van der Waals surface area contributed by atoms with Crippen molar-refractivity contribution in [3.8, 4) is 5.75 Å². The van der Waals surface area contributed by atoms with E-state index in [2.05, 4.69) is 15.5 Å². The number of fused-ring (bicyclic) bond motifs is 1. The Morgan fingerprint density at radius 1 is 1.12 bits per heavy atom. The predicted molar refractivity (Wildman–Crippen MR) is 129 cm³/mol. The van der Waals surface area contributed by atoms with Gasteiger partial charge in [-0.1, -0.05) is 48.0 Å². The Balaban J connectivity index is 1.58. The molecule has 0 bridgehead atoms. The first-order valence-electron chi connectivity index (χ1n) is 10.6. The molecule has 1 aliphatic rings. The van der Waals surface area contributed by atoms with Gasteiger partial charge >= 0.3 is 0 Å². The fraction of sp³-hybridized carbons (Fsp3) is 0.154. The molecule has 1 aromatic heterocycles. The summed E-state index contributed by atoms with van der Waals surface area (Å²) in [6.45, 7) is 0. The fourth-order valence-corrected chi connectivity index (χ4v) is 4.48. The van der Waals surface area contributed by atoms with Gasteiger partial charge in [-0.3, -0.25) is 4.79 Å². The van der Waals surface area contributed by atoms with Crippen LogP contribution in [-0.2, 0) is 6.42 Å². The number of benzene rings is 3. The van der Waals surface area contributed by atoms with Gasteiger partial charge in [0.2, 0.25) is 0 Å². The van der Waals surface area contributed by atoms with Gasteiger partial charge < -0.3 is 15.1 Å². The van der Waals surface area contributed by atoms with Crippen LogP contribution in [0.4, 0.5) is 4.39 Å². The van der Waals surface area contributed by atoms with Gasteiger partial charge in [0, 0.05) is 22.3 Å². The normalized spacial score (nSPS) is 15.4. The number of nitrogens with zero attached hydrogens (tertiary/aromatic N) is 1. The molecule has 0 fully saturated rings. The van der Waals surface area contributed by atoms with E-state index in [1.165, 1.54) is 13.2 Å². The van der Waals surface area contributed by atoms with Gasteiger partial charge in [0.15, 0.2) is 11.6 Å². The van der Waals surface area contributed by atoms with Crippen LogP contribution in [0, 0.1) is 5.82 Å². The van der Waals surface area contributed by atoms with Crippen LogP contribution in [0.25, 0.3) is 10.9 Å². The van der Waals surface area contributed by atoms with Gasteiger partial charge in [0.1, 0.15) is 0 Å². The summed E-state index contributed by atoms with van der Waals surface area (Å²) in [6, 6.07) is 20.0. The number of hydrogen-bond acceptors (Lipinski definition) is 4. The Hall–Kier alpha value is -3.64. The summed E-state index contributed by atoms with van der Waals surface area (Å²) in [5.74, 6) is -0.251. The number of rotatable bonds is 5. The van der Waals surface area contributed by atoms with E-state index in [9.17, 15) is 9.18 Å². The molecule has 2 heterocycles. The maximum Gasteiger partial charge on any atom is 0.257 e. The molecule has 0 spiro atoms. The van der Waals surface area contributed by atoms with E-state index >= 15 is 0 Å². The average Bonchev–Trinajstić information content (AvgIpc) is 3.30. The van der Waals surface area contributed by atoms with Crippen LogP contribution in [0.15, 0.2) is 76.6 Å². The third-order valence-electron chi connectivity index (χ3n) is 5.93. The van der Waals surface area contributed by atoms with Crippen molar-refractivity contribution in [2.24, 2.45) is 5.10 Å². The Kier molecular flexibility index (Phi) is 5.60. The fourth-order valence-electron chi connectivity index (χ4n) is 4.31. The third-order valence-corrected chi connectivity index (χ3v) is 6.16. The zero-order valence-corrected chi connectivity index (χ0v) is 18.6. The number of aromatic nitrogens is 1. The number of aromatic amines is 1. The summed E-state index contributed by atoms with van der Waals surface area (Å²) in [5.41, 5.74) is 7.41. The second-order valence-corrected chi connectivity index (χ2v) is 8.43. The van der Waals surface area contributed by atoms with Crippen LogP contribution in [0.3, 0.4) is 0 Å². The highest BCUT2D eigenvalue weighted by Crippen LogP contribution is 2.31. The molecule has 5 nitrogen and oxygen atoms in total. The third kappa shape index (κ3) is 4.10. The maximum atomic E-state index is 14.2. The van der Waals surface area contributed by atoms with Gasteiger partial charge in [-0.15, -0.1) is 0 Å². The molecule has 2 N–H and O–H groups in total. The van der Waals surface area contributed by atoms with Crippen molar-refractivity contribution >= 4 is 28.2 Å². The van der Waals surface area contributed by atoms with Crippen molar-refractivity contribution in [1.29, 1.82) is 0 Å². The van der Waals surface area contributed by atoms with Crippen LogP contribution in [-0.4, -0.2) is 17.8 Å². The molecule has 0 amide bonds. The minimum absolute atomic E-state index is 0.186. The first kappa shape index (κ1) is 21.2. The van der Waals surface area contributed by atoms with E-state index in [1.807, 2.05) is 42.5 Å². The summed E-state index contributed by atoms with van der Waals surface area (Å²) in [6.07, 6.45) is 1.00. The first-order chi connectivity index (χ1) is 16.0. The van der Waals surface area contributed by atoms with E-state index in [0.29, 0.717) is 29.1 Å². The lowest BCUT2D eigenvalue weighted by molar-refractivity contribution is 0.385. The number of hydrazone groups is 1. The molecule has 166 valence electrons. The van der Waals surface area contributed by atoms with Gasteiger partial charge in [0.05, 0.1) is 24.4 Å². The molecule has 1 unspecified atom stereocenters. The topological polar surface area (TPSA) is 66.5 Å². The SMILES string of the molecule is COc1ccc(C2CC(c3c(Cc4ccccc4)c4cc(Cl)ccc4[nH]c3=O)=NN2)cc1F. The van der Waals surface area contributed by atoms with Crippen molar-refractivity contribution in [2.75, 3.05) is 7.11 Å². The number of hydrogen-bond donors (Lipinski definition) is 2. The second-order valence-electron chi connectivity index (χ2n) is 8.00. The van der Waals surface area contributed by atoms with E-state index in [0.717, 1.165) is 27.6 Å². The lowest BCUT2D eigenvalue weighted by Gasteiger charge is -2.14. The molecule has 3 aromatic carbocycles. The number of pyridine rings is 1. The van der Waals surface area contributed by atoms with E-state index < -0.39 is 5.82 Å². The lowest BCUT2D eigenvalue weighted by atomic mass is 9.91. The number of methoxy groups -OCH3 is 1. The largest absolute Gasteiger partial charge is 0.494 e. The van der Waals surface area contributed by atoms with Crippen LogP contribution < -0.4 is 15.7 Å². The second kappa shape index (κ2) is 8.71. The van der Waals surface area contributed by atoms with Crippen molar-refractivity contribution < 1.29 is 9.13 Å². The van der Waals surface area contributed by atoms with Crippen molar-refractivity contribution in [3.05, 3.63) is 110 Å². The molecule has 33 heavy (non-hydrogen) atoms. The molecule has 1 aliphatic heterocycles. The highest BCUT2D eigenvalue weighted by molar-refractivity contribution is 6.31. The average molecular weight is 462 g/mol. The van der Waals surface area contributed by atoms with Crippen molar-refractivity contribution in [3.63, 3.8) is 0 Å². The standard InChI is InChI=1S/C26H21ClFN3O2/c1-33-24-10-7-16(12-20(24)28)22-14-23(31-30-22)25-19(11-15-5-3-2-4-6-15)18-13-17(27)8-9-21(18)29-26(25)32/h2-10,12-13,22,30H,11,14H2,1H3,(H,29,32). The highest BCUT2D eigenvalue weighted by Gasteiger charge is 2.27. The molecule has 5 rings (SSSR count). The summed E-state index contributed by atoms with van der Waals surface area (Å²) >= 11 is 6.31. The number of ether oxygens (including phenoxy) is 1. The van der Waals surface area contributed by atoms with Crippen LogP contribution in [0.5, 0.6) is 5.75 Å². The number of halogens is 2. The first-order valence-corrected chi connectivity index (χ1v) is 11.0. The molecule has 0 saturated heterocycles. The van der Waals surface area contributed by atoms with Crippen molar-refractivity contribution in [1.82, 2.24) is 10.4 Å².